The molecule has 23 heavy (non-hydrogen) atoms. The van der Waals surface area contributed by atoms with Crippen molar-refractivity contribution in [3.05, 3.63) is 65.2 Å². The van der Waals surface area contributed by atoms with E-state index in [2.05, 4.69) is 28.4 Å². The first-order valence-electron chi connectivity index (χ1n) is 7.63. The summed E-state index contributed by atoms with van der Waals surface area (Å²) in [6.45, 7) is 5.68. The third-order valence-corrected chi connectivity index (χ3v) is 3.52. The zero-order chi connectivity index (χ0) is 15.9. The summed E-state index contributed by atoms with van der Waals surface area (Å²) >= 11 is 0. The third kappa shape index (κ3) is 6.85. The minimum Gasteiger partial charge on any atom is -0.326 e. The quantitative estimate of drug-likeness (QED) is 0.860. The molecule has 0 heterocycles. The number of halogens is 1. The van der Waals surface area contributed by atoms with Crippen molar-refractivity contribution in [1.82, 2.24) is 4.90 Å². The molecule has 0 spiro atoms. The lowest BCUT2D eigenvalue weighted by Crippen LogP contribution is -2.24. The van der Waals surface area contributed by atoms with Crippen LogP contribution in [0.15, 0.2) is 48.5 Å². The van der Waals surface area contributed by atoms with Gasteiger partial charge in [-0.05, 0) is 49.7 Å². The van der Waals surface area contributed by atoms with Gasteiger partial charge in [-0.15, -0.1) is 12.4 Å². The molecule has 0 aliphatic rings. The number of hydrogen-bond acceptors (Lipinski definition) is 2. The van der Waals surface area contributed by atoms with E-state index in [0.717, 1.165) is 29.9 Å². The zero-order valence-corrected chi connectivity index (χ0v) is 14.8. The highest BCUT2D eigenvalue weighted by atomic mass is 35.5. The maximum Gasteiger partial charge on any atom is 0.225 e. The van der Waals surface area contributed by atoms with Crippen LogP contribution in [0.2, 0.25) is 0 Å². The van der Waals surface area contributed by atoms with Crippen LogP contribution in [0.3, 0.4) is 0 Å². The number of rotatable bonds is 6. The maximum atomic E-state index is 12.1. The Morgan fingerprint density at radius 2 is 1.65 bits per heavy atom. The van der Waals surface area contributed by atoms with Gasteiger partial charge in [-0.2, -0.15) is 0 Å². The summed E-state index contributed by atoms with van der Waals surface area (Å²) in [6.07, 6.45) is 0.496. The molecular weight excluding hydrogens is 308 g/mol. The van der Waals surface area contributed by atoms with Gasteiger partial charge in [-0.25, -0.2) is 0 Å². The van der Waals surface area contributed by atoms with Crippen LogP contribution >= 0.6 is 12.4 Å². The molecule has 0 saturated carbocycles. The van der Waals surface area contributed by atoms with Crippen LogP contribution in [0, 0.1) is 13.8 Å². The standard InChI is InChI=1S/C19H24N2O.ClH/c1-15-11-16(2)13-18(12-15)20-19(22)9-10-21(3)14-17-7-5-4-6-8-17;/h4-8,11-13H,9-10,14H2,1-3H3,(H,20,22);1H. The predicted molar refractivity (Wildman–Crippen MR) is 99.2 cm³/mol. The fourth-order valence-electron chi connectivity index (χ4n) is 2.54. The summed E-state index contributed by atoms with van der Waals surface area (Å²) in [5.74, 6) is 0.0601. The van der Waals surface area contributed by atoms with E-state index in [-0.39, 0.29) is 18.3 Å². The number of carbonyl (C=O) groups is 1. The van der Waals surface area contributed by atoms with Crippen LogP contribution in [0.5, 0.6) is 0 Å². The van der Waals surface area contributed by atoms with Gasteiger partial charge >= 0.3 is 0 Å². The van der Waals surface area contributed by atoms with E-state index < -0.39 is 0 Å². The number of hydrogen-bond donors (Lipinski definition) is 1. The first-order chi connectivity index (χ1) is 10.5. The molecule has 0 saturated heterocycles. The number of anilines is 1. The fraction of sp³-hybridized carbons (Fsp3) is 0.316. The Bertz CT molecular complexity index is 608. The summed E-state index contributed by atoms with van der Waals surface area (Å²) in [7, 11) is 2.04. The lowest BCUT2D eigenvalue weighted by molar-refractivity contribution is -0.116. The largest absolute Gasteiger partial charge is 0.326 e. The summed E-state index contributed by atoms with van der Waals surface area (Å²) in [5, 5.41) is 2.98. The zero-order valence-electron chi connectivity index (χ0n) is 14.0. The van der Waals surface area contributed by atoms with Crippen molar-refractivity contribution in [1.29, 1.82) is 0 Å². The monoisotopic (exact) mass is 332 g/mol. The Kier molecular flexibility index (Phi) is 7.79. The molecule has 0 aliphatic heterocycles. The molecule has 4 heteroatoms. The van der Waals surface area contributed by atoms with Gasteiger partial charge in [0.15, 0.2) is 0 Å². The average molecular weight is 333 g/mol. The molecule has 0 aromatic heterocycles. The molecule has 0 bridgehead atoms. The van der Waals surface area contributed by atoms with Gasteiger partial charge in [0, 0.05) is 25.2 Å². The highest BCUT2D eigenvalue weighted by Crippen LogP contribution is 2.14. The van der Waals surface area contributed by atoms with Crippen molar-refractivity contribution in [3.63, 3.8) is 0 Å². The van der Waals surface area contributed by atoms with Crippen LogP contribution in [0.25, 0.3) is 0 Å². The fourth-order valence-corrected chi connectivity index (χ4v) is 2.54. The topological polar surface area (TPSA) is 32.3 Å². The van der Waals surface area contributed by atoms with Gasteiger partial charge < -0.3 is 10.2 Å². The molecule has 2 aromatic rings. The molecule has 1 N–H and O–H groups in total. The highest BCUT2D eigenvalue weighted by Gasteiger charge is 2.06. The van der Waals surface area contributed by atoms with E-state index in [9.17, 15) is 4.79 Å². The Morgan fingerprint density at radius 1 is 1.04 bits per heavy atom. The number of carbonyl (C=O) groups excluding carboxylic acids is 1. The summed E-state index contributed by atoms with van der Waals surface area (Å²) in [6, 6.07) is 16.4. The highest BCUT2D eigenvalue weighted by molar-refractivity contribution is 5.91. The lowest BCUT2D eigenvalue weighted by Gasteiger charge is -2.16. The molecular formula is C19H25ClN2O. The van der Waals surface area contributed by atoms with E-state index >= 15 is 0 Å². The van der Waals surface area contributed by atoms with Crippen molar-refractivity contribution in [2.75, 3.05) is 18.9 Å². The summed E-state index contributed by atoms with van der Waals surface area (Å²) in [5.41, 5.74) is 4.47. The van der Waals surface area contributed by atoms with E-state index in [1.54, 1.807) is 0 Å². The molecule has 124 valence electrons. The molecule has 0 unspecified atom stereocenters. The molecule has 2 rings (SSSR count). The molecule has 3 nitrogen and oxygen atoms in total. The Morgan fingerprint density at radius 3 is 2.26 bits per heavy atom. The van der Waals surface area contributed by atoms with Crippen molar-refractivity contribution in [2.24, 2.45) is 0 Å². The number of nitrogens with zero attached hydrogens (tertiary/aromatic N) is 1. The number of amides is 1. The second-order valence-electron chi connectivity index (χ2n) is 5.90. The molecule has 0 aliphatic carbocycles. The first-order valence-corrected chi connectivity index (χ1v) is 7.63. The number of nitrogens with one attached hydrogen (secondary N) is 1. The second kappa shape index (κ2) is 9.33. The van der Waals surface area contributed by atoms with Gasteiger partial charge in [0.2, 0.25) is 5.91 Å². The molecule has 0 radical (unpaired) electrons. The molecule has 0 fully saturated rings. The summed E-state index contributed by atoms with van der Waals surface area (Å²) < 4.78 is 0. The van der Waals surface area contributed by atoms with Crippen LogP contribution in [-0.2, 0) is 11.3 Å². The number of benzene rings is 2. The van der Waals surface area contributed by atoms with Gasteiger partial charge in [0.1, 0.15) is 0 Å². The average Bonchev–Trinajstić information content (AvgIpc) is 2.45. The lowest BCUT2D eigenvalue weighted by atomic mass is 10.1. The van der Waals surface area contributed by atoms with Gasteiger partial charge in [-0.1, -0.05) is 36.4 Å². The van der Waals surface area contributed by atoms with Crippen molar-refractivity contribution < 1.29 is 4.79 Å². The molecule has 1 amide bonds. The molecule has 2 aromatic carbocycles. The third-order valence-electron chi connectivity index (χ3n) is 3.52. The van der Waals surface area contributed by atoms with Crippen LogP contribution < -0.4 is 5.32 Å². The minimum absolute atomic E-state index is 0. The Balaban J connectivity index is 0.00000264. The predicted octanol–water partition coefficient (Wildman–Crippen LogP) is 4.19. The van der Waals surface area contributed by atoms with E-state index in [1.807, 2.05) is 51.2 Å². The smallest absolute Gasteiger partial charge is 0.225 e. The summed E-state index contributed by atoms with van der Waals surface area (Å²) in [4.78, 5) is 14.2. The van der Waals surface area contributed by atoms with E-state index in [1.165, 1.54) is 5.56 Å². The van der Waals surface area contributed by atoms with Crippen LogP contribution in [-0.4, -0.2) is 24.4 Å². The van der Waals surface area contributed by atoms with Gasteiger partial charge in [0.25, 0.3) is 0 Å². The Hall–Kier alpha value is -1.84. The van der Waals surface area contributed by atoms with Gasteiger partial charge in [-0.3, -0.25) is 4.79 Å². The Labute approximate surface area is 145 Å². The van der Waals surface area contributed by atoms with Crippen molar-refractivity contribution >= 4 is 24.0 Å². The maximum absolute atomic E-state index is 12.1. The second-order valence-corrected chi connectivity index (χ2v) is 5.90. The normalized spacial score (nSPS) is 10.3. The van der Waals surface area contributed by atoms with Gasteiger partial charge in [0.05, 0.1) is 0 Å². The minimum atomic E-state index is 0. The van der Waals surface area contributed by atoms with Crippen LogP contribution in [0.1, 0.15) is 23.1 Å². The van der Waals surface area contributed by atoms with E-state index in [0.29, 0.717) is 6.42 Å². The molecule has 0 atom stereocenters. The van der Waals surface area contributed by atoms with E-state index in [4.69, 9.17) is 0 Å². The van der Waals surface area contributed by atoms with Crippen molar-refractivity contribution in [2.45, 2.75) is 26.8 Å². The first kappa shape index (κ1) is 19.2. The van der Waals surface area contributed by atoms with Crippen LogP contribution in [0.4, 0.5) is 5.69 Å². The van der Waals surface area contributed by atoms with Crippen molar-refractivity contribution in [3.8, 4) is 0 Å². The number of aryl methyl sites for hydroxylation is 2. The SMILES string of the molecule is Cc1cc(C)cc(NC(=O)CCN(C)Cc2ccccc2)c1.Cl.